The molecule has 4 bridgehead atoms. The highest BCUT2D eigenvalue weighted by atomic mass is 19.1. The Labute approximate surface area is 284 Å². The van der Waals surface area contributed by atoms with Crippen LogP contribution < -0.4 is 29.7 Å². The van der Waals surface area contributed by atoms with Gasteiger partial charge in [0.15, 0.2) is 18.1 Å². The fourth-order valence-corrected chi connectivity index (χ4v) is 6.28. The molecule has 2 fully saturated rings. The molecule has 3 aliphatic rings. The Morgan fingerprint density at radius 1 is 1.02 bits per heavy atom. The molecule has 6 rings (SSSR count). The van der Waals surface area contributed by atoms with Gasteiger partial charge in [0, 0.05) is 70.9 Å². The van der Waals surface area contributed by atoms with Crippen LogP contribution in [0.5, 0.6) is 17.2 Å². The van der Waals surface area contributed by atoms with Gasteiger partial charge in [0.05, 0.1) is 24.4 Å². The zero-order valence-corrected chi connectivity index (χ0v) is 28.0. The van der Waals surface area contributed by atoms with Gasteiger partial charge in [-0.15, -0.1) is 0 Å². The van der Waals surface area contributed by atoms with E-state index in [-0.39, 0.29) is 43.7 Å². The second-order valence-corrected chi connectivity index (χ2v) is 12.7. The number of methoxy groups -OCH3 is 1. The number of anilines is 1. The number of nitrogens with zero attached hydrogens (tertiary/aromatic N) is 5. The molecule has 14 heteroatoms. The first-order chi connectivity index (χ1) is 23.6. The number of aromatic nitrogens is 2. The number of carbonyl (C=O) groups excluding carboxylic acids is 3. The van der Waals surface area contributed by atoms with E-state index in [0.717, 1.165) is 31.7 Å². The van der Waals surface area contributed by atoms with E-state index in [1.165, 1.54) is 19.2 Å². The molecular formula is C35H42FN7O6. The Balaban J connectivity index is 1.23. The van der Waals surface area contributed by atoms with Gasteiger partial charge in [-0.25, -0.2) is 14.4 Å². The van der Waals surface area contributed by atoms with Crippen molar-refractivity contribution in [3.8, 4) is 17.2 Å². The van der Waals surface area contributed by atoms with Gasteiger partial charge in [-0.05, 0) is 55.8 Å². The monoisotopic (exact) mass is 675 g/mol. The standard InChI is InChI=1S/C35H42FN7O6/c1-22-27(19-38-35(39-22)42-12-10-41(2)11-13-42)34(46)43-9-8-29-28(20-43)40-33(45)21-48-31-16-23(4-6-30(31)47-3)5-7-32(44)37-18-24-14-25(36)17-26(15-24)49-29/h4,6,14-17,19,28-29H,5,7-13,18,20-21H2,1-3H3,(H,37,44)(H,40,45)/t28-,29-/m1/s1. The number of ether oxygens (including phenoxy) is 3. The number of likely N-dealkylation sites (N-methyl/N-ethyl adjacent to an activating group) is 1. The number of benzene rings is 2. The Hall–Kier alpha value is -4.98. The third-order valence-electron chi connectivity index (χ3n) is 9.10. The number of rotatable bonds is 3. The van der Waals surface area contributed by atoms with E-state index in [4.69, 9.17) is 14.2 Å². The van der Waals surface area contributed by atoms with Crippen molar-refractivity contribution in [1.82, 2.24) is 30.4 Å². The molecule has 1 aromatic heterocycles. The predicted octanol–water partition coefficient (Wildman–Crippen LogP) is 2.10. The number of aryl methyl sites for hydroxylation is 2. The molecule has 0 unspecified atom stereocenters. The van der Waals surface area contributed by atoms with Crippen LogP contribution in [-0.4, -0.2) is 110 Å². The molecule has 4 heterocycles. The summed E-state index contributed by atoms with van der Waals surface area (Å²) in [6.07, 6.45) is 1.97. The lowest BCUT2D eigenvalue weighted by atomic mass is 10.0. The number of piperidine rings is 1. The van der Waals surface area contributed by atoms with Crippen LogP contribution in [0.15, 0.2) is 42.6 Å². The summed E-state index contributed by atoms with van der Waals surface area (Å²) >= 11 is 0. The number of amides is 3. The Morgan fingerprint density at radius 3 is 2.61 bits per heavy atom. The van der Waals surface area contributed by atoms with Crippen LogP contribution in [0.2, 0.25) is 0 Å². The molecule has 49 heavy (non-hydrogen) atoms. The number of fused-ring (bicyclic) bond motifs is 5. The summed E-state index contributed by atoms with van der Waals surface area (Å²) in [5.41, 5.74) is 2.32. The van der Waals surface area contributed by atoms with Crippen LogP contribution >= 0.6 is 0 Å². The molecule has 0 saturated carbocycles. The smallest absolute Gasteiger partial charge is 0.258 e. The van der Waals surface area contributed by atoms with Crippen molar-refractivity contribution < 1.29 is 33.0 Å². The lowest BCUT2D eigenvalue weighted by molar-refractivity contribution is -0.125. The first-order valence-corrected chi connectivity index (χ1v) is 16.5. The van der Waals surface area contributed by atoms with Crippen molar-refractivity contribution in [2.75, 3.05) is 64.9 Å². The van der Waals surface area contributed by atoms with Gasteiger partial charge >= 0.3 is 0 Å². The molecule has 0 radical (unpaired) electrons. The average Bonchev–Trinajstić information content (AvgIpc) is 3.09. The minimum atomic E-state index is -0.654. The van der Waals surface area contributed by atoms with Crippen LogP contribution in [0.4, 0.5) is 10.3 Å². The highest BCUT2D eigenvalue weighted by Crippen LogP contribution is 2.29. The van der Waals surface area contributed by atoms with Crippen LogP contribution in [0, 0.1) is 12.7 Å². The van der Waals surface area contributed by atoms with Gasteiger partial charge in [-0.1, -0.05) is 6.07 Å². The first kappa shape index (κ1) is 33.9. The number of likely N-dealkylation sites (tertiary alicyclic amines) is 1. The summed E-state index contributed by atoms with van der Waals surface area (Å²) in [4.78, 5) is 55.0. The molecule has 3 aromatic rings. The summed E-state index contributed by atoms with van der Waals surface area (Å²) in [5, 5.41) is 5.83. The minimum absolute atomic E-state index is 0.117. The molecule has 2 atom stereocenters. The molecule has 13 nitrogen and oxygen atoms in total. The molecule has 3 aliphatic heterocycles. The van der Waals surface area contributed by atoms with E-state index in [0.29, 0.717) is 53.7 Å². The maximum atomic E-state index is 14.7. The lowest BCUT2D eigenvalue weighted by Crippen LogP contribution is -2.58. The summed E-state index contributed by atoms with van der Waals surface area (Å²) in [7, 11) is 3.59. The summed E-state index contributed by atoms with van der Waals surface area (Å²) < 4.78 is 32.3. The van der Waals surface area contributed by atoms with Crippen molar-refractivity contribution >= 4 is 23.7 Å². The maximum Gasteiger partial charge on any atom is 0.258 e. The number of nitrogens with one attached hydrogen (secondary N) is 2. The topological polar surface area (TPSA) is 138 Å². The van der Waals surface area contributed by atoms with Gasteiger partial charge < -0.3 is 39.5 Å². The van der Waals surface area contributed by atoms with Crippen LogP contribution in [-0.2, 0) is 22.6 Å². The fourth-order valence-electron chi connectivity index (χ4n) is 6.28. The number of hydrogen-bond acceptors (Lipinski definition) is 10. The van der Waals surface area contributed by atoms with E-state index in [9.17, 15) is 18.8 Å². The van der Waals surface area contributed by atoms with Gasteiger partial charge in [0.2, 0.25) is 11.9 Å². The number of carbonyl (C=O) groups is 3. The average molecular weight is 676 g/mol. The van der Waals surface area contributed by atoms with Gasteiger partial charge in [-0.3, -0.25) is 14.4 Å². The zero-order valence-electron chi connectivity index (χ0n) is 28.0. The van der Waals surface area contributed by atoms with Crippen LogP contribution in [0.25, 0.3) is 0 Å². The van der Waals surface area contributed by atoms with Crippen LogP contribution in [0.3, 0.4) is 0 Å². The van der Waals surface area contributed by atoms with E-state index >= 15 is 0 Å². The maximum absolute atomic E-state index is 14.7. The normalized spacial score (nSPS) is 20.8. The fraction of sp³-hybridized carbons (Fsp3) is 0.457. The summed E-state index contributed by atoms with van der Waals surface area (Å²) in [6.45, 7) is 5.47. The highest BCUT2D eigenvalue weighted by Gasteiger charge is 2.35. The SMILES string of the molecule is COc1ccc2cc1OCC(=O)N[C@@H]1CN(C(=O)c3cnc(N4CCN(C)CC4)nc3C)CC[C@H]1Oc1cc(F)cc(c1)CNC(=O)CC2. The van der Waals surface area contributed by atoms with Crippen molar-refractivity contribution in [2.24, 2.45) is 0 Å². The van der Waals surface area contributed by atoms with Crippen LogP contribution in [0.1, 0.15) is 40.0 Å². The third kappa shape index (κ3) is 8.37. The predicted molar refractivity (Wildman–Crippen MR) is 178 cm³/mol. The molecule has 0 spiro atoms. The largest absolute Gasteiger partial charge is 0.493 e. The Bertz CT molecular complexity index is 1700. The highest BCUT2D eigenvalue weighted by molar-refractivity contribution is 5.95. The zero-order chi connectivity index (χ0) is 34.5. The van der Waals surface area contributed by atoms with Crippen molar-refractivity contribution in [2.45, 2.75) is 44.9 Å². The minimum Gasteiger partial charge on any atom is -0.493 e. The van der Waals surface area contributed by atoms with Crippen molar-refractivity contribution in [1.29, 1.82) is 0 Å². The number of piperazine rings is 1. The Kier molecular flexibility index (Phi) is 10.4. The van der Waals surface area contributed by atoms with E-state index in [1.807, 2.05) is 6.07 Å². The molecule has 2 aromatic carbocycles. The first-order valence-electron chi connectivity index (χ1n) is 16.5. The van der Waals surface area contributed by atoms with Gasteiger partial charge in [-0.2, -0.15) is 0 Å². The molecule has 0 aliphatic carbocycles. The Morgan fingerprint density at radius 2 is 1.84 bits per heavy atom. The second kappa shape index (κ2) is 15.1. The van der Waals surface area contributed by atoms with E-state index in [2.05, 4.69) is 37.4 Å². The summed E-state index contributed by atoms with van der Waals surface area (Å²) in [6, 6.07) is 8.93. The van der Waals surface area contributed by atoms with E-state index < -0.39 is 23.9 Å². The molecular weight excluding hydrogens is 633 g/mol. The number of halogens is 1. The van der Waals surface area contributed by atoms with E-state index in [1.54, 1.807) is 36.2 Å². The quantitative estimate of drug-likeness (QED) is 0.425. The van der Waals surface area contributed by atoms with Gasteiger partial charge in [0.25, 0.3) is 11.8 Å². The second-order valence-electron chi connectivity index (χ2n) is 12.7. The van der Waals surface area contributed by atoms with Crippen molar-refractivity contribution in [3.63, 3.8) is 0 Å². The summed E-state index contributed by atoms with van der Waals surface area (Å²) in [5.74, 6) is 0.272. The number of hydrogen-bond donors (Lipinski definition) is 2. The molecule has 2 saturated heterocycles. The van der Waals surface area contributed by atoms with Crippen molar-refractivity contribution in [3.05, 3.63) is 70.8 Å². The molecule has 260 valence electrons. The molecule has 2 N–H and O–H groups in total. The lowest BCUT2D eigenvalue weighted by Gasteiger charge is -2.39. The third-order valence-corrected chi connectivity index (χ3v) is 9.10. The molecule has 3 amide bonds. The van der Waals surface area contributed by atoms with Gasteiger partial charge in [0.1, 0.15) is 17.7 Å².